The van der Waals surface area contributed by atoms with Gasteiger partial charge in [-0.25, -0.2) is 4.98 Å². The van der Waals surface area contributed by atoms with Gasteiger partial charge < -0.3 is 24.3 Å². The molecule has 144 valence electrons. The lowest BCUT2D eigenvalue weighted by atomic mass is 10.1. The number of ether oxygens (including phenoxy) is 2. The lowest BCUT2D eigenvalue weighted by Gasteiger charge is -2.34. The Morgan fingerprint density at radius 3 is 2.72 bits per heavy atom. The molecule has 0 radical (unpaired) electrons. The highest BCUT2D eigenvalue weighted by Gasteiger charge is 2.21. The molecule has 1 fully saturated rings. The first-order chi connectivity index (χ1) is 11.8. The van der Waals surface area contributed by atoms with E-state index in [4.69, 9.17) is 9.47 Å². The number of guanidine groups is 1. The molecule has 1 aromatic heterocycles. The number of nitrogens with zero attached hydrogens (tertiary/aromatic N) is 4. The van der Waals surface area contributed by atoms with Gasteiger partial charge in [0, 0.05) is 65.9 Å². The molecule has 1 aliphatic rings. The first-order valence-electron chi connectivity index (χ1n) is 8.85. The highest BCUT2D eigenvalue weighted by Crippen LogP contribution is 2.14. The van der Waals surface area contributed by atoms with Gasteiger partial charge >= 0.3 is 0 Å². The zero-order valence-electron chi connectivity index (χ0n) is 15.4. The van der Waals surface area contributed by atoms with Crippen molar-refractivity contribution in [1.29, 1.82) is 0 Å². The second kappa shape index (κ2) is 13.3. The van der Waals surface area contributed by atoms with Crippen LogP contribution in [0.1, 0.15) is 25.7 Å². The van der Waals surface area contributed by atoms with Crippen molar-refractivity contribution in [3.8, 4) is 0 Å². The molecule has 0 aromatic carbocycles. The third-order valence-corrected chi connectivity index (χ3v) is 4.24. The Balaban J connectivity index is 0.00000312. The summed E-state index contributed by atoms with van der Waals surface area (Å²) in [6.45, 7) is 5.44. The number of hydrogen-bond donors (Lipinski definition) is 1. The molecule has 1 N–H and O–H groups in total. The van der Waals surface area contributed by atoms with Gasteiger partial charge in [0.15, 0.2) is 5.96 Å². The molecule has 0 spiro atoms. The zero-order chi connectivity index (χ0) is 17.0. The summed E-state index contributed by atoms with van der Waals surface area (Å²) in [5, 5.41) is 3.46. The lowest BCUT2D eigenvalue weighted by Crippen LogP contribution is -2.47. The molecular formula is C17H32IN5O2. The van der Waals surface area contributed by atoms with E-state index in [0.717, 1.165) is 71.0 Å². The van der Waals surface area contributed by atoms with Crippen LogP contribution in [0.25, 0.3) is 0 Å². The Labute approximate surface area is 168 Å². The second-order valence-electron chi connectivity index (χ2n) is 6.03. The van der Waals surface area contributed by atoms with Gasteiger partial charge in [0.25, 0.3) is 0 Å². The van der Waals surface area contributed by atoms with E-state index in [2.05, 4.69) is 24.8 Å². The average molecular weight is 465 g/mol. The largest absolute Gasteiger partial charge is 0.385 e. The molecule has 1 saturated heterocycles. The van der Waals surface area contributed by atoms with Crippen molar-refractivity contribution in [2.24, 2.45) is 4.99 Å². The number of rotatable bonds is 9. The van der Waals surface area contributed by atoms with Crippen LogP contribution >= 0.6 is 24.0 Å². The fraction of sp³-hybridized carbons (Fsp3) is 0.765. The molecule has 25 heavy (non-hydrogen) atoms. The second-order valence-corrected chi connectivity index (χ2v) is 6.03. The van der Waals surface area contributed by atoms with Gasteiger partial charge in [0.2, 0.25) is 0 Å². The highest BCUT2D eigenvalue weighted by atomic mass is 127. The summed E-state index contributed by atoms with van der Waals surface area (Å²) in [4.78, 5) is 10.8. The van der Waals surface area contributed by atoms with Crippen molar-refractivity contribution in [1.82, 2.24) is 19.8 Å². The van der Waals surface area contributed by atoms with Gasteiger partial charge in [-0.05, 0) is 25.7 Å². The fourth-order valence-electron chi connectivity index (χ4n) is 2.90. The van der Waals surface area contributed by atoms with Crippen molar-refractivity contribution in [2.45, 2.75) is 38.3 Å². The van der Waals surface area contributed by atoms with E-state index in [9.17, 15) is 0 Å². The number of likely N-dealkylation sites (tertiary alicyclic amines) is 1. The number of aliphatic imine (C=N–C) groups is 1. The maximum Gasteiger partial charge on any atom is 0.193 e. The van der Waals surface area contributed by atoms with Crippen LogP contribution in [0.3, 0.4) is 0 Å². The Kier molecular flexibility index (Phi) is 11.8. The van der Waals surface area contributed by atoms with E-state index in [1.807, 2.05) is 25.8 Å². The summed E-state index contributed by atoms with van der Waals surface area (Å²) >= 11 is 0. The number of nitrogens with one attached hydrogen (secondary N) is 1. The molecule has 1 aliphatic heterocycles. The SMILES string of the molecule is CN=C(NCCCn1ccnc1)N1CCC(OCCCOC)CC1.I. The van der Waals surface area contributed by atoms with Crippen LogP contribution in [-0.2, 0) is 16.0 Å². The van der Waals surface area contributed by atoms with Crippen molar-refractivity contribution in [3.63, 3.8) is 0 Å². The average Bonchev–Trinajstić information content (AvgIpc) is 3.13. The number of hydrogen-bond acceptors (Lipinski definition) is 4. The Morgan fingerprint density at radius 2 is 2.08 bits per heavy atom. The normalized spacial score (nSPS) is 15.9. The fourth-order valence-corrected chi connectivity index (χ4v) is 2.90. The molecular weight excluding hydrogens is 433 g/mol. The number of aromatic nitrogens is 2. The van der Waals surface area contributed by atoms with E-state index < -0.39 is 0 Å². The molecule has 0 aliphatic carbocycles. The van der Waals surface area contributed by atoms with Gasteiger partial charge in [-0.15, -0.1) is 24.0 Å². The lowest BCUT2D eigenvalue weighted by molar-refractivity contribution is 0.00991. The van der Waals surface area contributed by atoms with Gasteiger partial charge in [0.05, 0.1) is 12.4 Å². The van der Waals surface area contributed by atoms with Crippen molar-refractivity contribution in [3.05, 3.63) is 18.7 Å². The molecule has 7 nitrogen and oxygen atoms in total. The summed E-state index contributed by atoms with van der Waals surface area (Å²) in [6.07, 6.45) is 10.2. The number of piperidine rings is 1. The van der Waals surface area contributed by atoms with Gasteiger partial charge in [-0.1, -0.05) is 0 Å². The van der Waals surface area contributed by atoms with Crippen LogP contribution in [0, 0.1) is 0 Å². The first kappa shape index (κ1) is 22.2. The predicted molar refractivity (Wildman–Crippen MR) is 111 cm³/mol. The van der Waals surface area contributed by atoms with Gasteiger partial charge in [0.1, 0.15) is 0 Å². The Bertz CT molecular complexity index is 462. The van der Waals surface area contributed by atoms with E-state index in [0.29, 0.717) is 6.10 Å². The number of imidazole rings is 1. The molecule has 0 unspecified atom stereocenters. The summed E-state index contributed by atoms with van der Waals surface area (Å²) in [5.41, 5.74) is 0. The number of halogens is 1. The zero-order valence-corrected chi connectivity index (χ0v) is 17.7. The molecule has 2 heterocycles. The quantitative estimate of drug-likeness (QED) is 0.262. The van der Waals surface area contributed by atoms with Crippen molar-refractivity contribution >= 4 is 29.9 Å². The van der Waals surface area contributed by atoms with Crippen molar-refractivity contribution in [2.75, 3.05) is 47.0 Å². The molecule has 8 heteroatoms. The summed E-state index contributed by atoms with van der Waals surface area (Å²) in [7, 11) is 3.58. The van der Waals surface area contributed by atoms with Crippen LogP contribution in [0.2, 0.25) is 0 Å². The molecule has 0 amide bonds. The summed E-state index contributed by atoms with van der Waals surface area (Å²) in [5.74, 6) is 0.999. The standard InChI is InChI=1S/C17H31N5O2.HI/c1-18-17(20-7-3-9-21-12-8-19-15-21)22-10-5-16(6-11-22)24-14-4-13-23-2;/h8,12,15-16H,3-7,9-11,13-14H2,1-2H3,(H,18,20);1H. The first-order valence-corrected chi connectivity index (χ1v) is 8.85. The van der Waals surface area contributed by atoms with Gasteiger partial charge in [-0.3, -0.25) is 4.99 Å². The van der Waals surface area contributed by atoms with Gasteiger partial charge in [-0.2, -0.15) is 0 Å². The predicted octanol–water partition coefficient (Wildman–Crippen LogP) is 1.98. The number of aryl methyl sites for hydroxylation is 1. The smallest absolute Gasteiger partial charge is 0.193 e. The summed E-state index contributed by atoms with van der Waals surface area (Å²) < 4.78 is 13.1. The van der Waals surface area contributed by atoms with Crippen LogP contribution in [0.15, 0.2) is 23.7 Å². The van der Waals surface area contributed by atoms with E-state index in [-0.39, 0.29) is 24.0 Å². The molecule has 0 atom stereocenters. The maximum atomic E-state index is 5.91. The van der Waals surface area contributed by atoms with E-state index in [1.54, 1.807) is 7.11 Å². The number of methoxy groups -OCH3 is 1. The van der Waals surface area contributed by atoms with E-state index in [1.165, 1.54) is 0 Å². The van der Waals surface area contributed by atoms with Crippen LogP contribution in [0.4, 0.5) is 0 Å². The molecule has 0 saturated carbocycles. The maximum absolute atomic E-state index is 5.91. The highest BCUT2D eigenvalue weighted by molar-refractivity contribution is 14.0. The Hall–Kier alpha value is -0.870. The van der Waals surface area contributed by atoms with E-state index >= 15 is 0 Å². The minimum Gasteiger partial charge on any atom is -0.385 e. The third kappa shape index (κ3) is 8.37. The monoisotopic (exact) mass is 465 g/mol. The van der Waals surface area contributed by atoms with Crippen LogP contribution in [0.5, 0.6) is 0 Å². The third-order valence-electron chi connectivity index (χ3n) is 4.24. The van der Waals surface area contributed by atoms with Crippen LogP contribution in [-0.4, -0.2) is 73.5 Å². The minimum atomic E-state index is 0. The van der Waals surface area contributed by atoms with Crippen LogP contribution < -0.4 is 5.32 Å². The Morgan fingerprint density at radius 1 is 1.28 bits per heavy atom. The van der Waals surface area contributed by atoms with Crippen molar-refractivity contribution < 1.29 is 9.47 Å². The topological polar surface area (TPSA) is 63.9 Å². The minimum absolute atomic E-state index is 0. The molecule has 0 bridgehead atoms. The summed E-state index contributed by atoms with van der Waals surface area (Å²) in [6, 6.07) is 0. The molecule has 2 rings (SSSR count). The molecule has 1 aromatic rings.